The van der Waals surface area contributed by atoms with Gasteiger partial charge in [-0.3, -0.25) is 9.89 Å². The maximum absolute atomic E-state index is 13.2. The number of carbonyl (C=O) groups excluding carboxylic acids is 2. The van der Waals surface area contributed by atoms with Crippen LogP contribution in [0.2, 0.25) is 0 Å². The van der Waals surface area contributed by atoms with Gasteiger partial charge >= 0.3 is 6.09 Å². The van der Waals surface area contributed by atoms with Gasteiger partial charge in [-0.1, -0.05) is 13.0 Å². The van der Waals surface area contributed by atoms with E-state index in [4.69, 9.17) is 15.5 Å². The molecule has 3 N–H and O–H groups in total. The molecule has 0 saturated carbocycles. The number of benzene rings is 1. The number of pyridine rings is 2. The third-order valence-electron chi connectivity index (χ3n) is 6.25. The van der Waals surface area contributed by atoms with Gasteiger partial charge in [0.05, 0.1) is 23.2 Å². The molecule has 1 fully saturated rings. The summed E-state index contributed by atoms with van der Waals surface area (Å²) in [5.41, 5.74) is 10.4. The van der Waals surface area contributed by atoms with Crippen molar-refractivity contribution in [3.05, 3.63) is 47.7 Å². The van der Waals surface area contributed by atoms with Gasteiger partial charge in [0, 0.05) is 48.9 Å². The molecule has 2 amide bonds. The van der Waals surface area contributed by atoms with Gasteiger partial charge in [0.2, 0.25) is 0 Å². The van der Waals surface area contributed by atoms with E-state index < -0.39 is 0 Å². The Labute approximate surface area is 202 Å². The van der Waals surface area contributed by atoms with Gasteiger partial charge in [-0.15, -0.1) is 0 Å². The van der Waals surface area contributed by atoms with E-state index in [1.165, 1.54) is 0 Å². The van der Waals surface area contributed by atoms with Crippen molar-refractivity contribution >= 4 is 39.8 Å². The molecule has 1 saturated heterocycles. The van der Waals surface area contributed by atoms with E-state index in [1.807, 2.05) is 44.2 Å². The number of fused-ring (bicyclic) bond motifs is 2. The highest BCUT2D eigenvalue weighted by Crippen LogP contribution is 2.28. The largest absolute Gasteiger partial charge is 0.449 e. The number of nitrogen functional groups attached to an aromatic ring is 1. The van der Waals surface area contributed by atoms with Gasteiger partial charge in [0.1, 0.15) is 5.82 Å². The van der Waals surface area contributed by atoms with Crippen LogP contribution in [0, 0.1) is 6.92 Å². The summed E-state index contributed by atoms with van der Waals surface area (Å²) in [6.07, 6.45) is 2.18. The first-order valence-electron chi connectivity index (χ1n) is 11.7. The van der Waals surface area contributed by atoms with Crippen LogP contribution in [0.1, 0.15) is 29.3 Å². The predicted octanol–water partition coefficient (Wildman–Crippen LogP) is 3.37. The Hall–Kier alpha value is -4.21. The van der Waals surface area contributed by atoms with Crippen molar-refractivity contribution in [3.63, 3.8) is 0 Å². The summed E-state index contributed by atoms with van der Waals surface area (Å²) >= 11 is 0. The average molecular weight is 474 g/mol. The number of H-pyrrole nitrogens is 1. The van der Waals surface area contributed by atoms with Crippen LogP contribution in [-0.4, -0.2) is 74.8 Å². The van der Waals surface area contributed by atoms with Crippen LogP contribution in [-0.2, 0) is 4.74 Å². The topological polar surface area (TPSA) is 130 Å². The standard InChI is InChI=1S/C25H27N7O3/c1-3-10-35-25(34)32-8-6-31(7-9-32)24(33)16-4-5-18-15(2)11-20(28-21(18)13-16)17-12-19-22(26)29-30-23(19)27-14-17/h4-5,11-14H,3,6-10H2,1-2H3,(H3,26,27,29,30). The van der Waals surface area contributed by atoms with Crippen LogP contribution in [0.4, 0.5) is 10.6 Å². The number of aryl methyl sites for hydroxylation is 1. The summed E-state index contributed by atoms with van der Waals surface area (Å²) in [4.78, 5) is 37.9. The first-order valence-corrected chi connectivity index (χ1v) is 11.7. The first-order chi connectivity index (χ1) is 16.9. The summed E-state index contributed by atoms with van der Waals surface area (Å²) in [6, 6.07) is 9.51. The van der Waals surface area contributed by atoms with Crippen molar-refractivity contribution in [2.45, 2.75) is 20.3 Å². The second kappa shape index (κ2) is 9.21. The van der Waals surface area contributed by atoms with Gasteiger partial charge in [-0.25, -0.2) is 14.8 Å². The Bertz CT molecular complexity index is 1420. The summed E-state index contributed by atoms with van der Waals surface area (Å²) in [5.74, 6) is 0.381. The van der Waals surface area contributed by atoms with E-state index in [0.717, 1.165) is 39.5 Å². The molecule has 0 atom stereocenters. The zero-order valence-corrected chi connectivity index (χ0v) is 19.7. The summed E-state index contributed by atoms with van der Waals surface area (Å²) in [6.45, 7) is 6.21. The zero-order chi connectivity index (χ0) is 24.5. The fourth-order valence-electron chi connectivity index (χ4n) is 4.30. The molecule has 0 unspecified atom stereocenters. The van der Waals surface area contributed by atoms with E-state index in [1.54, 1.807) is 16.0 Å². The molecule has 0 aliphatic carbocycles. The molecule has 1 aliphatic heterocycles. The number of ether oxygens (including phenoxy) is 1. The fourth-order valence-corrected chi connectivity index (χ4v) is 4.30. The van der Waals surface area contributed by atoms with E-state index in [0.29, 0.717) is 49.8 Å². The number of hydrogen-bond acceptors (Lipinski definition) is 7. The number of nitrogens with one attached hydrogen (secondary N) is 1. The highest BCUT2D eigenvalue weighted by Gasteiger charge is 2.26. The number of rotatable bonds is 4. The number of nitrogens with two attached hydrogens (primary N) is 1. The Morgan fingerprint density at radius 1 is 1.09 bits per heavy atom. The van der Waals surface area contributed by atoms with Crippen molar-refractivity contribution in [2.24, 2.45) is 0 Å². The van der Waals surface area contributed by atoms with Crippen LogP contribution >= 0.6 is 0 Å². The molecule has 3 aromatic heterocycles. The number of hydrogen-bond donors (Lipinski definition) is 2. The molecular weight excluding hydrogens is 446 g/mol. The third-order valence-corrected chi connectivity index (χ3v) is 6.25. The van der Waals surface area contributed by atoms with E-state index >= 15 is 0 Å². The molecule has 4 heterocycles. The molecule has 0 spiro atoms. The Kier molecular flexibility index (Phi) is 5.94. The quantitative estimate of drug-likeness (QED) is 0.465. The van der Waals surface area contributed by atoms with Crippen LogP contribution in [0.15, 0.2) is 36.5 Å². The lowest BCUT2D eigenvalue weighted by Crippen LogP contribution is -2.50. The van der Waals surface area contributed by atoms with E-state index in [2.05, 4.69) is 15.2 Å². The van der Waals surface area contributed by atoms with Crippen molar-refractivity contribution < 1.29 is 14.3 Å². The van der Waals surface area contributed by atoms with Crippen LogP contribution in [0.3, 0.4) is 0 Å². The Morgan fingerprint density at radius 2 is 1.86 bits per heavy atom. The van der Waals surface area contributed by atoms with Gasteiger partial charge in [0.15, 0.2) is 5.65 Å². The van der Waals surface area contributed by atoms with Crippen molar-refractivity contribution in [2.75, 3.05) is 38.5 Å². The maximum Gasteiger partial charge on any atom is 0.409 e. The molecular formula is C25H27N7O3. The van der Waals surface area contributed by atoms with Crippen molar-refractivity contribution in [3.8, 4) is 11.3 Å². The molecule has 180 valence electrons. The van der Waals surface area contributed by atoms with Crippen molar-refractivity contribution in [1.29, 1.82) is 0 Å². The molecule has 1 aromatic carbocycles. The van der Waals surface area contributed by atoms with Gasteiger partial charge in [-0.2, -0.15) is 5.10 Å². The number of carbonyl (C=O) groups is 2. The monoisotopic (exact) mass is 473 g/mol. The summed E-state index contributed by atoms with van der Waals surface area (Å²) in [5, 5.41) is 8.53. The Morgan fingerprint density at radius 3 is 2.63 bits per heavy atom. The second-order valence-electron chi connectivity index (χ2n) is 8.68. The number of amides is 2. The van der Waals surface area contributed by atoms with E-state index in [9.17, 15) is 9.59 Å². The minimum absolute atomic E-state index is 0.0763. The lowest BCUT2D eigenvalue weighted by Gasteiger charge is -2.34. The third kappa shape index (κ3) is 4.34. The molecule has 0 radical (unpaired) electrons. The minimum Gasteiger partial charge on any atom is -0.449 e. The fraction of sp³-hybridized carbons (Fsp3) is 0.320. The number of nitrogens with zero attached hydrogens (tertiary/aromatic N) is 5. The molecule has 5 rings (SSSR count). The van der Waals surface area contributed by atoms with Gasteiger partial charge in [-0.05, 0) is 43.2 Å². The molecule has 1 aliphatic rings. The maximum atomic E-state index is 13.2. The predicted molar refractivity (Wildman–Crippen MR) is 133 cm³/mol. The van der Waals surface area contributed by atoms with Crippen LogP contribution < -0.4 is 5.73 Å². The minimum atomic E-state index is -0.318. The number of aromatic amines is 1. The number of piperazine rings is 1. The smallest absolute Gasteiger partial charge is 0.409 e. The summed E-state index contributed by atoms with van der Waals surface area (Å²) < 4.78 is 5.20. The summed E-state index contributed by atoms with van der Waals surface area (Å²) in [7, 11) is 0. The van der Waals surface area contributed by atoms with Gasteiger partial charge in [0.25, 0.3) is 5.91 Å². The van der Waals surface area contributed by atoms with Crippen molar-refractivity contribution in [1.82, 2.24) is 30.0 Å². The molecule has 35 heavy (non-hydrogen) atoms. The number of anilines is 1. The zero-order valence-electron chi connectivity index (χ0n) is 19.7. The molecule has 10 nitrogen and oxygen atoms in total. The van der Waals surface area contributed by atoms with Crippen LogP contribution in [0.5, 0.6) is 0 Å². The van der Waals surface area contributed by atoms with Gasteiger partial charge < -0.3 is 20.3 Å². The Balaban J connectivity index is 1.38. The normalized spacial score (nSPS) is 14.0. The van der Waals surface area contributed by atoms with Crippen LogP contribution in [0.25, 0.3) is 33.2 Å². The first kappa shape index (κ1) is 22.6. The highest BCUT2D eigenvalue weighted by atomic mass is 16.6. The molecule has 0 bridgehead atoms. The SMILES string of the molecule is CCCOC(=O)N1CCN(C(=O)c2ccc3c(C)cc(-c4cnc5n[nH]c(N)c5c4)nc3c2)CC1. The highest BCUT2D eigenvalue weighted by molar-refractivity contribution is 5.99. The number of aromatic nitrogens is 4. The molecule has 4 aromatic rings. The lowest BCUT2D eigenvalue weighted by molar-refractivity contribution is 0.0560. The lowest BCUT2D eigenvalue weighted by atomic mass is 10.0. The molecule has 10 heteroatoms. The average Bonchev–Trinajstić information content (AvgIpc) is 3.26. The van der Waals surface area contributed by atoms with E-state index in [-0.39, 0.29) is 12.0 Å². The second-order valence-corrected chi connectivity index (χ2v) is 8.68.